The molecule has 0 radical (unpaired) electrons. The average molecular weight is 319 g/mol. The number of nitrogens with two attached hydrogens (primary N) is 1. The number of amides is 1. The van der Waals surface area contributed by atoms with E-state index in [0.717, 1.165) is 54.7 Å². The number of carbonyl (C=O) groups is 1. The van der Waals surface area contributed by atoms with E-state index in [2.05, 4.69) is 15.4 Å². The zero-order chi connectivity index (χ0) is 15.5. The van der Waals surface area contributed by atoms with Crippen LogP contribution >= 0.6 is 11.3 Å². The minimum Gasteiger partial charge on any atom is -0.375 e. The zero-order valence-electron chi connectivity index (χ0n) is 12.8. The van der Waals surface area contributed by atoms with E-state index in [1.54, 1.807) is 4.68 Å². The summed E-state index contributed by atoms with van der Waals surface area (Å²) in [5, 5.41) is 10.0. The Kier molecular flexibility index (Phi) is 4.42. The van der Waals surface area contributed by atoms with Crippen molar-refractivity contribution in [2.24, 2.45) is 7.05 Å². The SMILES string of the molecule is Cn1nc2c(c1C(=O)NCCCc1csc(N)n1)CCCC2. The van der Waals surface area contributed by atoms with Crippen molar-refractivity contribution in [2.45, 2.75) is 38.5 Å². The molecule has 2 heterocycles. The summed E-state index contributed by atoms with van der Waals surface area (Å²) in [7, 11) is 1.85. The molecule has 22 heavy (non-hydrogen) atoms. The van der Waals surface area contributed by atoms with Gasteiger partial charge < -0.3 is 11.1 Å². The van der Waals surface area contributed by atoms with E-state index in [1.165, 1.54) is 17.8 Å². The van der Waals surface area contributed by atoms with Gasteiger partial charge in [0.05, 0.1) is 11.4 Å². The van der Waals surface area contributed by atoms with Crippen molar-refractivity contribution in [1.82, 2.24) is 20.1 Å². The standard InChI is InChI=1S/C15H21N5OS/c1-20-13(11-6-2-3-7-12(11)19-20)14(21)17-8-4-5-10-9-22-15(16)18-10/h9H,2-8H2,1H3,(H2,16,18)(H,17,21). The first-order chi connectivity index (χ1) is 10.6. The largest absolute Gasteiger partial charge is 0.375 e. The molecule has 1 amide bonds. The maximum atomic E-state index is 12.4. The molecular weight excluding hydrogens is 298 g/mol. The Morgan fingerprint density at radius 3 is 3.05 bits per heavy atom. The Labute approximate surface area is 133 Å². The Hall–Kier alpha value is -1.89. The highest BCUT2D eigenvalue weighted by Gasteiger charge is 2.23. The van der Waals surface area contributed by atoms with Gasteiger partial charge in [-0.3, -0.25) is 9.48 Å². The summed E-state index contributed by atoms with van der Waals surface area (Å²) < 4.78 is 1.73. The van der Waals surface area contributed by atoms with E-state index < -0.39 is 0 Å². The number of hydrogen-bond donors (Lipinski definition) is 2. The van der Waals surface area contributed by atoms with Gasteiger partial charge in [0, 0.05) is 24.5 Å². The first-order valence-corrected chi connectivity index (χ1v) is 8.56. The summed E-state index contributed by atoms with van der Waals surface area (Å²) in [6, 6.07) is 0. The molecule has 0 saturated carbocycles. The van der Waals surface area contributed by atoms with Crippen LogP contribution in [0.25, 0.3) is 0 Å². The molecule has 2 aromatic rings. The van der Waals surface area contributed by atoms with Crippen molar-refractivity contribution in [2.75, 3.05) is 12.3 Å². The van der Waals surface area contributed by atoms with Crippen LogP contribution in [0.1, 0.15) is 46.7 Å². The quantitative estimate of drug-likeness (QED) is 0.821. The summed E-state index contributed by atoms with van der Waals surface area (Å²) >= 11 is 1.45. The number of anilines is 1. The second kappa shape index (κ2) is 6.48. The van der Waals surface area contributed by atoms with Crippen molar-refractivity contribution in [3.63, 3.8) is 0 Å². The number of aryl methyl sites for hydroxylation is 3. The van der Waals surface area contributed by atoms with Gasteiger partial charge >= 0.3 is 0 Å². The number of hydrogen-bond acceptors (Lipinski definition) is 5. The Morgan fingerprint density at radius 2 is 2.27 bits per heavy atom. The van der Waals surface area contributed by atoms with Crippen LogP contribution in [0.3, 0.4) is 0 Å². The molecule has 0 spiro atoms. The van der Waals surface area contributed by atoms with E-state index in [4.69, 9.17) is 5.73 Å². The molecule has 1 aliphatic carbocycles. The van der Waals surface area contributed by atoms with E-state index in [1.807, 2.05) is 12.4 Å². The van der Waals surface area contributed by atoms with Crippen LogP contribution < -0.4 is 11.1 Å². The fourth-order valence-corrected chi connectivity index (χ4v) is 3.56. The van der Waals surface area contributed by atoms with E-state index in [0.29, 0.717) is 11.7 Å². The Morgan fingerprint density at radius 1 is 1.45 bits per heavy atom. The normalized spacial score (nSPS) is 13.9. The van der Waals surface area contributed by atoms with Crippen LogP contribution in [-0.2, 0) is 26.3 Å². The van der Waals surface area contributed by atoms with Gasteiger partial charge in [0.25, 0.3) is 5.91 Å². The molecule has 7 heteroatoms. The van der Waals surface area contributed by atoms with Crippen LogP contribution in [0, 0.1) is 0 Å². The molecule has 2 aromatic heterocycles. The second-order valence-electron chi connectivity index (χ2n) is 5.64. The van der Waals surface area contributed by atoms with Gasteiger partial charge in [0.15, 0.2) is 5.13 Å². The fraction of sp³-hybridized carbons (Fsp3) is 0.533. The molecule has 3 N–H and O–H groups in total. The smallest absolute Gasteiger partial charge is 0.269 e. The fourth-order valence-electron chi connectivity index (χ4n) is 2.96. The van der Waals surface area contributed by atoms with Crippen LogP contribution in [0.2, 0.25) is 0 Å². The number of thiazole rings is 1. The second-order valence-corrected chi connectivity index (χ2v) is 6.53. The number of nitrogen functional groups attached to an aromatic ring is 1. The first kappa shape index (κ1) is 15.0. The first-order valence-electron chi connectivity index (χ1n) is 7.68. The van der Waals surface area contributed by atoms with Crippen LogP contribution in [0.15, 0.2) is 5.38 Å². The van der Waals surface area contributed by atoms with Gasteiger partial charge in [0.1, 0.15) is 5.69 Å². The molecular formula is C15H21N5OS. The third kappa shape index (κ3) is 3.14. The highest BCUT2D eigenvalue weighted by atomic mass is 32.1. The van der Waals surface area contributed by atoms with Gasteiger partial charge in [-0.05, 0) is 38.5 Å². The molecule has 0 aromatic carbocycles. The molecule has 0 atom stereocenters. The van der Waals surface area contributed by atoms with Gasteiger partial charge in [-0.1, -0.05) is 0 Å². The number of nitrogens with one attached hydrogen (secondary N) is 1. The van der Waals surface area contributed by atoms with Crippen LogP contribution in [0.4, 0.5) is 5.13 Å². The van der Waals surface area contributed by atoms with Crippen molar-refractivity contribution in [3.05, 3.63) is 28.0 Å². The minimum atomic E-state index is -0.0176. The lowest BCUT2D eigenvalue weighted by Gasteiger charge is -2.11. The van der Waals surface area contributed by atoms with Crippen molar-refractivity contribution < 1.29 is 4.79 Å². The number of aromatic nitrogens is 3. The third-order valence-electron chi connectivity index (χ3n) is 4.00. The molecule has 0 saturated heterocycles. The van der Waals surface area contributed by atoms with Crippen molar-refractivity contribution >= 4 is 22.4 Å². The molecule has 0 fully saturated rings. The van der Waals surface area contributed by atoms with E-state index in [-0.39, 0.29) is 5.91 Å². The van der Waals surface area contributed by atoms with Gasteiger partial charge in [-0.2, -0.15) is 5.10 Å². The average Bonchev–Trinajstić information content (AvgIpc) is 3.05. The third-order valence-corrected chi connectivity index (χ3v) is 4.72. The molecule has 3 rings (SSSR count). The van der Waals surface area contributed by atoms with Crippen LogP contribution in [-0.4, -0.2) is 27.2 Å². The van der Waals surface area contributed by atoms with Crippen molar-refractivity contribution in [3.8, 4) is 0 Å². The Balaban J connectivity index is 1.55. The Bertz CT molecular complexity index is 676. The number of nitrogens with zero attached hydrogens (tertiary/aromatic N) is 3. The lowest BCUT2D eigenvalue weighted by molar-refractivity contribution is 0.0942. The van der Waals surface area contributed by atoms with E-state index in [9.17, 15) is 4.79 Å². The topological polar surface area (TPSA) is 85.8 Å². The predicted octanol–water partition coefficient (Wildman–Crippen LogP) is 1.70. The van der Waals surface area contributed by atoms with Gasteiger partial charge in [0.2, 0.25) is 0 Å². The lowest BCUT2D eigenvalue weighted by Crippen LogP contribution is -2.28. The molecule has 0 bridgehead atoms. The number of carbonyl (C=O) groups excluding carboxylic acids is 1. The highest BCUT2D eigenvalue weighted by Crippen LogP contribution is 2.23. The monoisotopic (exact) mass is 319 g/mol. The highest BCUT2D eigenvalue weighted by molar-refractivity contribution is 7.13. The molecule has 0 unspecified atom stereocenters. The van der Waals surface area contributed by atoms with Gasteiger partial charge in [-0.15, -0.1) is 11.3 Å². The minimum absolute atomic E-state index is 0.0176. The molecule has 6 nitrogen and oxygen atoms in total. The lowest BCUT2D eigenvalue weighted by atomic mass is 9.95. The van der Waals surface area contributed by atoms with Gasteiger partial charge in [-0.25, -0.2) is 4.98 Å². The summed E-state index contributed by atoms with van der Waals surface area (Å²) in [6.07, 6.45) is 5.95. The maximum absolute atomic E-state index is 12.4. The molecule has 1 aliphatic rings. The summed E-state index contributed by atoms with van der Waals surface area (Å²) in [6.45, 7) is 0.635. The molecule has 0 aliphatic heterocycles. The number of fused-ring (bicyclic) bond motifs is 1. The summed E-state index contributed by atoms with van der Waals surface area (Å²) in [5.41, 5.74) is 9.56. The zero-order valence-corrected chi connectivity index (χ0v) is 13.6. The predicted molar refractivity (Wildman–Crippen MR) is 87.0 cm³/mol. The van der Waals surface area contributed by atoms with Crippen molar-refractivity contribution in [1.29, 1.82) is 0 Å². The summed E-state index contributed by atoms with van der Waals surface area (Å²) in [5.74, 6) is -0.0176. The van der Waals surface area contributed by atoms with Crippen LogP contribution in [0.5, 0.6) is 0 Å². The van der Waals surface area contributed by atoms with E-state index >= 15 is 0 Å². The molecule has 118 valence electrons. The summed E-state index contributed by atoms with van der Waals surface area (Å²) in [4.78, 5) is 16.6. The maximum Gasteiger partial charge on any atom is 0.269 e. The number of rotatable bonds is 5.